The lowest BCUT2D eigenvalue weighted by molar-refractivity contribution is 0.578. The molecule has 0 unspecified atom stereocenters. The molecule has 1 aromatic rings. The Kier molecular flexibility index (Phi) is 3.23. The number of hydrogen-bond donors (Lipinski definition) is 1. The van der Waals surface area contributed by atoms with Gasteiger partial charge in [0.15, 0.2) is 0 Å². The molecule has 0 radical (unpaired) electrons. The van der Waals surface area contributed by atoms with Crippen molar-refractivity contribution in [3.8, 4) is 0 Å². The summed E-state index contributed by atoms with van der Waals surface area (Å²) in [5.41, 5.74) is 0.646. The number of sulfonamides is 1. The Morgan fingerprint density at radius 1 is 1.43 bits per heavy atom. The molecule has 0 bridgehead atoms. The lowest BCUT2D eigenvalue weighted by Crippen LogP contribution is -2.21. The number of halogens is 1. The molecule has 1 N–H and O–H groups in total. The normalized spacial score (nSPS) is 11.6. The number of aryl methyl sites for hydroxylation is 1. The molecule has 0 aromatic heterocycles. The second kappa shape index (κ2) is 4.06. The van der Waals surface area contributed by atoms with Crippen molar-refractivity contribution in [2.24, 2.45) is 0 Å². The first kappa shape index (κ1) is 11.1. The van der Waals surface area contributed by atoms with Crippen molar-refractivity contribution >= 4 is 10.0 Å². The molecule has 0 atom stereocenters. The van der Waals surface area contributed by atoms with Crippen LogP contribution in [0.5, 0.6) is 0 Å². The predicted molar refractivity (Wildman–Crippen MR) is 52.8 cm³/mol. The molecule has 0 aliphatic rings. The van der Waals surface area contributed by atoms with Crippen LogP contribution in [0.2, 0.25) is 0 Å². The summed E-state index contributed by atoms with van der Waals surface area (Å²) < 4.78 is 37.8. The van der Waals surface area contributed by atoms with Crippen LogP contribution in [-0.2, 0) is 15.8 Å². The van der Waals surface area contributed by atoms with Crippen LogP contribution in [0.1, 0.15) is 11.1 Å². The van der Waals surface area contributed by atoms with E-state index in [-0.39, 0.29) is 11.3 Å². The summed E-state index contributed by atoms with van der Waals surface area (Å²) in [6, 6.07) is 4.71. The highest BCUT2D eigenvalue weighted by Gasteiger charge is 2.13. The number of rotatable bonds is 3. The molecule has 5 heteroatoms. The van der Waals surface area contributed by atoms with Gasteiger partial charge in [-0.15, -0.1) is 0 Å². The predicted octanol–water partition coefficient (Wildman–Crippen LogP) is 1.18. The molecular formula is C9H12FNO2S. The monoisotopic (exact) mass is 217 g/mol. The summed E-state index contributed by atoms with van der Waals surface area (Å²) in [5, 5.41) is 0. The van der Waals surface area contributed by atoms with Gasteiger partial charge in [-0.2, -0.15) is 0 Å². The summed E-state index contributed by atoms with van der Waals surface area (Å²) in [6.07, 6.45) is 0. The first-order valence-corrected chi connectivity index (χ1v) is 5.76. The van der Waals surface area contributed by atoms with Crippen molar-refractivity contribution < 1.29 is 12.8 Å². The van der Waals surface area contributed by atoms with Gasteiger partial charge in [-0.25, -0.2) is 17.5 Å². The Labute approximate surface area is 83.0 Å². The molecule has 0 saturated heterocycles. The molecule has 0 aliphatic carbocycles. The third-order valence-corrected chi connectivity index (χ3v) is 3.24. The summed E-state index contributed by atoms with van der Waals surface area (Å²) >= 11 is 0. The molecule has 0 heterocycles. The zero-order valence-corrected chi connectivity index (χ0v) is 8.86. The lowest BCUT2D eigenvalue weighted by Gasteiger charge is -2.05. The van der Waals surface area contributed by atoms with Gasteiger partial charge in [-0.3, -0.25) is 0 Å². The maximum Gasteiger partial charge on any atom is 0.215 e. The van der Waals surface area contributed by atoms with Crippen LogP contribution in [0.15, 0.2) is 18.2 Å². The van der Waals surface area contributed by atoms with Crippen molar-refractivity contribution in [3.05, 3.63) is 35.1 Å². The van der Waals surface area contributed by atoms with Gasteiger partial charge in [0, 0.05) is 5.56 Å². The van der Waals surface area contributed by atoms with Crippen LogP contribution in [-0.4, -0.2) is 15.5 Å². The van der Waals surface area contributed by atoms with Gasteiger partial charge in [0.2, 0.25) is 10.0 Å². The van der Waals surface area contributed by atoms with Crippen molar-refractivity contribution in [1.29, 1.82) is 0 Å². The van der Waals surface area contributed by atoms with E-state index in [2.05, 4.69) is 4.72 Å². The van der Waals surface area contributed by atoms with Crippen molar-refractivity contribution in [2.45, 2.75) is 12.7 Å². The largest absolute Gasteiger partial charge is 0.218 e. The zero-order valence-electron chi connectivity index (χ0n) is 8.04. The molecule has 0 fully saturated rings. The summed E-state index contributed by atoms with van der Waals surface area (Å²) in [5.74, 6) is -0.775. The van der Waals surface area contributed by atoms with Crippen LogP contribution in [0.4, 0.5) is 4.39 Å². The highest BCUT2D eigenvalue weighted by molar-refractivity contribution is 7.88. The van der Waals surface area contributed by atoms with E-state index in [9.17, 15) is 12.8 Å². The number of benzene rings is 1. The molecule has 0 aliphatic heterocycles. The van der Waals surface area contributed by atoms with Gasteiger partial charge in [0.25, 0.3) is 0 Å². The maximum absolute atomic E-state index is 13.4. The topological polar surface area (TPSA) is 46.2 Å². The number of hydrogen-bond acceptors (Lipinski definition) is 2. The molecule has 78 valence electrons. The SMILES string of the molecule is CNS(=O)(=O)Cc1cccc(C)c1F. The van der Waals surface area contributed by atoms with Gasteiger partial charge in [-0.05, 0) is 19.5 Å². The summed E-state index contributed by atoms with van der Waals surface area (Å²) in [6.45, 7) is 1.60. The Balaban J connectivity index is 3.05. The van der Waals surface area contributed by atoms with E-state index in [0.717, 1.165) is 0 Å². The van der Waals surface area contributed by atoms with Crippen LogP contribution < -0.4 is 4.72 Å². The third-order valence-electron chi connectivity index (χ3n) is 1.93. The maximum atomic E-state index is 13.4. The van der Waals surface area contributed by atoms with Crippen molar-refractivity contribution in [1.82, 2.24) is 4.72 Å². The van der Waals surface area contributed by atoms with E-state index in [1.807, 2.05) is 0 Å². The highest BCUT2D eigenvalue weighted by Crippen LogP contribution is 2.13. The zero-order chi connectivity index (χ0) is 10.8. The first-order valence-electron chi connectivity index (χ1n) is 4.11. The van der Waals surface area contributed by atoms with E-state index < -0.39 is 15.8 Å². The Hall–Kier alpha value is -0.940. The Bertz CT molecular complexity index is 428. The summed E-state index contributed by atoms with van der Waals surface area (Å²) in [4.78, 5) is 0. The molecule has 0 amide bonds. The molecule has 1 rings (SSSR count). The fraction of sp³-hybridized carbons (Fsp3) is 0.333. The van der Waals surface area contributed by atoms with E-state index in [4.69, 9.17) is 0 Å². The van der Waals surface area contributed by atoms with Crippen LogP contribution in [0.25, 0.3) is 0 Å². The minimum Gasteiger partial charge on any atom is -0.218 e. The molecular weight excluding hydrogens is 205 g/mol. The van der Waals surface area contributed by atoms with Crippen LogP contribution >= 0.6 is 0 Å². The molecule has 1 aromatic carbocycles. The Morgan fingerprint density at radius 2 is 2.07 bits per heavy atom. The van der Waals surface area contributed by atoms with Crippen LogP contribution in [0, 0.1) is 12.7 Å². The van der Waals surface area contributed by atoms with E-state index in [1.165, 1.54) is 13.1 Å². The van der Waals surface area contributed by atoms with Gasteiger partial charge in [-0.1, -0.05) is 18.2 Å². The van der Waals surface area contributed by atoms with Gasteiger partial charge < -0.3 is 0 Å². The third kappa shape index (κ3) is 2.52. The van der Waals surface area contributed by atoms with E-state index in [0.29, 0.717) is 5.56 Å². The second-order valence-electron chi connectivity index (χ2n) is 3.01. The van der Waals surface area contributed by atoms with E-state index >= 15 is 0 Å². The standard InChI is InChI=1S/C9H12FNO2S/c1-7-4-3-5-8(9(7)10)6-14(12,13)11-2/h3-5,11H,6H2,1-2H3. The van der Waals surface area contributed by atoms with Gasteiger partial charge in [0.05, 0.1) is 5.75 Å². The fourth-order valence-corrected chi connectivity index (χ4v) is 1.87. The Morgan fingerprint density at radius 3 is 2.64 bits per heavy atom. The lowest BCUT2D eigenvalue weighted by atomic mass is 10.1. The molecule has 3 nitrogen and oxygen atoms in total. The molecule has 14 heavy (non-hydrogen) atoms. The smallest absolute Gasteiger partial charge is 0.215 e. The summed E-state index contributed by atoms with van der Waals surface area (Å²) in [7, 11) is -2.09. The first-order chi connectivity index (χ1) is 6.46. The van der Waals surface area contributed by atoms with Gasteiger partial charge in [0.1, 0.15) is 5.82 Å². The second-order valence-corrected chi connectivity index (χ2v) is 4.94. The van der Waals surface area contributed by atoms with Crippen LogP contribution in [0.3, 0.4) is 0 Å². The fourth-order valence-electron chi connectivity index (χ4n) is 1.10. The minimum atomic E-state index is -3.40. The molecule has 0 saturated carbocycles. The highest BCUT2D eigenvalue weighted by atomic mass is 32.2. The van der Waals surface area contributed by atoms with Crippen molar-refractivity contribution in [3.63, 3.8) is 0 Å². The van der Waals surface area contributed by atoms with Gasteiger partial charge >= 0.3 is 0 Å². The van der Waals surface area contributed by atoms with E-state index in [1.54, 1.807) is 19.1 Å². The quantitative estimate of drug-likeness (QED) is 0.826. The molecule has 0 spiro atoms. The average molecular weight is 217 g/mol. The number of nitrogens with one attached hydrogen (secondary N) is 1. The minimum absolute atomic E-state index is 0.194. The average Bonchev–Trinajstić information content (AvgIpc) is 2.13. The van der Waals surface area contributed by atoms with Crippen molar-refractivity contribution in [2.75, 3.05) is 7.05 Å².